The molecule has 0 aliphatic carbocycles. The number of hydrogen-bond acceptors (Lipinski definition) is 3. The zero-order valence-corrected chi connectivity index (χ0v) is 11.0. The molecule has 3 N–H and O–H groups in total. The third kappa shape index (κ3) is 3.22. The Morgan fingerprint density at radius 3 is 2.67 bits per heavy atom. The summed E-state index contributed by atoms with van der Waals surface area (Å²) in [5, 5.41) is 0. The highest BCUT2D eigenvalue weighted by Crippen LogP contribution is 2.21. The molecule has 0 spiro atoms. The van der Waals surface area contributed by atoms with Crippen molar-refractivity contribution in [2.24, 2.45) is 0 Å². The van der Waals surface area contributed by atoms with Gasteiger partial charge in [-0.1, -0.05) is 0 Å². The van der Waals surface area contributed by atoms with Gasteiger partial charge in [0.2, 0.25) is 10.0 Å². The van der Waals surface area contributed by atoms with Crippen molar-refractivity contribution < 1.29 is 12.8 Å². The molecule has 98 valence electrons. The molecular formula is C12H15FN2O2S. The maximum absolute atomic E-state index is 13.5. The molecule has 0 aromatic heterocycles. The minimum absolute atomic E-state index is 0.0972. The van der Waals surface area contributed by atoms with Gasteiger partial charge in [0.05, 0.1) is 4.90 Å². The first-order chi connectivity index (χ1) is 8.27. The lowest BCUT2D eigenvalue weighted by atomic mass is 10.2. The number of anilines is 1. The molecule has 1 unspecified atom stereocenters. The molecule has 0 saturated heterocycles. The molecular weight excluding hydrogens is 255 g/mol. The highest BCUT2D eigenvalue weighted by Gasteiger charge is 2.19. The summed E-state index contributed by atoms with van der Waals surface area (Å²) >= 11 is 0. The third-order valence-electron chi connectivity index (χ3n) is 2.45. The SMILES string of the molecule is C#CCC(C)NS(=O)(=O)c1cc(N)c(C)c(F)c1. The Morgan fingerprint density at radius 2 is 2.17 bits per heavy atom. The van der Waals surface area contributed by atoms with E-state index in [4.69, 9.17) is 12.2 Å². The van der Waals surface area contributed by atoms with Crippen molar-refractivity contribution in [3.8, 4) is 12.3 Å². The molecule has 1 atom stereocenters. The van der Waals surface area contributed by atoms with E-state index in [0.29, 0.717) is 0 Å². The van der Waals surface area contributed by atoms with Crippen LogP contribution in [-0.2, 0) is 10.0 Å². The molecule has 0 radical (unpaired) electrons. The summed E-state index contributed by atoms with van der Waals surface area (Å²) in [5.41, 5.74) is 5.87. The Hall–Kier alpha value is -1.58. The zero-order valence-electron chi connectivity index (χ0n) is 10.2. The first kappa shape index (κ1) is 14.5. The van der Waals surface area contributed by atoms with E-state index >= 15 is 0 Å². The van der Waals surface area contributed by atoms with E-state index < -0.39 is 21.9 Å². The van der Waals surface area contributed by atoms with Gasteiger partial charge in [-0.15, -0.1) is 12.3 Å². The van der Waals surface area contributed by atoms with E-state index in [-0.39, 0.29) is 22.6 Å². The molecule has 4 nitrogen and oxygen atoms in total. The van der Waals surface area contributed by atoms with Gasteiger partial charge in [-0.05, 0) is 26.0 Å². The second-order valence-electron chi connectivity index (χ2n) is 4.05. The van der Waals surface area contributed by atoms with Crippen LogP contribution in [0.5, 0.6) is 0 Å². The van der Waals surface area contributed by atoms with Crippen LogP contribution in [-0.4, -0.2) is 14.5 Å². The van der Waals surface area contributed by atoms with Crippen molar-refractivity contribution in [3.05, 3.63) is 23.5 Å². The van der Waals surface area contributed by atoms with Gasteiger partial charge in [-0.3, -0.25) is 0 Å². The molecule has 0 heterocycles. The monoisotopic (exact) mass is 270 g/mol. The molecule has 0 saturated carbocycles. The quantitative estimate of drug-likeness (QED) is 0.642. The van der Waals surface area contributed by atoms with Crippen molar-refractivity contribution in [1.82, 2.24) is 4.72 Å². The molecule has 0 amide bonds. The number of terminal acetylenes is 1. The normalized spacial score (nSPS) is 13.0. The average molecular weight is 270 g/mol. The minimum Gasteiger partial charge on any atom is -0.398 e. The highest BCUT2D eigenvalue weighted by atomic mass is 32.2. The van der Waals surface area contributed by atoms with Gasteiger partial charge in [0.15, 0.2) is 0 Å². The van der Waals surface area contributed by atoms with Crippen molar-refractivity contribution in [1.29, 1.82) is 0 Å². The first-order valence-electron chi connectivity index (χ1n) is 5.29. The first-order valence-corrected chi connectivity index (χ1v) is 6.77. The summed E-state index contributed by atoms with van der Waals surface area (Å²) < 4.78 is 39.7. The van der Waals surface area contributed by atoms with Crippen LogP contribution in [0.1, 0.15) is 18.9 Å². The molecule has 1 aromatic carbocycles. The number of sulfonamides is 1. The number of rotatable bonds is 4. The number of hydrogen-bond donors (Lipinski definition) is 2. The van der Waals surface area contributed by atoms with E-state index in [1.165, 1.54) is 13.0 Å². The second-order valence-corrected chi connectivity index (χ2v) is 5.76. The van der Waals surface area contributed by atoms with Crippen LogP contribution >= 0.6 is 0 Å². The molecule has 0 aliphatic heterocycles. The summed E-state index contributed by atoms with van der Waals surface area (Å²) in [6.07, 6.45) is 5.34. The fourth-order valence-electron chi connectivity index (χ4n) is 1.38. The van der Waals surface area contributed by atoms with Crippen molar-refractivity contribution in [2.75, 3.05) is 5.73 Å². The molecule has 1 aromatic rings. The number of nitrogens with one attached hydrogen (secondary N) is 1. The standard InChI is InChI=1S/C12H15FN2O2S/c1-4-5-8(2)15-18(16,17)10-6-11(13)9(3)12(14)7-10/h1,6-8,15H,5,14H2,2-3H3. The molecule has 0 fully saturated rings. The van der Waals surface area contributed by atoms with Crippen LogP contribution in [0.2, 0.25) is 0 Å². The van der Waals surface area contributed by atoms with Gasteiger partial charge in [0, 0.05) is 23.7 Å². The predicted molar refractivity (Wildman–Crippen MR) is 68.8 cm³/mol. The smallest absolute Gasteiger partial charge is 0.241 e. The Kier molecular flexibility index (Phi) is 4.33. The second kappa shape index (κ2) is 5.38. The van der Waals surface area contributed by atoms with Crippen LogP contribution in [0.4, 0.5) is 10.1 Å². The predicted octanol–water partition coefficient (Wildman–Crippen LogP) is 1.41. The fraction of sp³-hybridized carbons (Fsp3) is 0.333. The van der Waals surface area contributed by atoms with E-state index in [9.17, 15) is 12.8 Å². The van der Waals surface area contributed by atoms with Crippen LogP contribution < -0.4 is 10.5 Å². The maximum atomic E-state index is 13.5. The number of nitrogens with two attached hydrogens (primary N) is 1. The van der Waals surface area contributed by atoms with Gasteiger partial charge in [-0.25, -0.2) is 17.5 Å². The highest BCUT2D eigenvalue weighted by molar-refractivity contribution is 7.89. The summed E-state index contributed by atoms with van der Waals surface area (Å²) in [6.45, 7) is 3.11. The molecule has 0 aliphatic rings. The van der Waals surface area contributed by atoms with Crippen molar-refractivity contribution in [3.63, 3.8) is 0 Å². The lowest BCUT2D eigenvalue weighted by Crippen LogP contribution is -2.32. The van der Waals surface area contributed by atoms with Gasteiger partial charge in [-0.2, -0.15) is 0 Å². The van der Waals surface area contributed by atoms with E-state index in [0.717, 1.165) is 6.07 Å². The molecule has 1 rings (SSSR count). The van der Waals surface area contributed by atoms with Crippen LogP contribution in [0.15, 0.2) is 17.0 Å². The van der Waals surface area contributed by atoms with Gasteiger partial charge in [0.1, 0.15) is 5.82 Å². The van der Waals surface area contributed by atoms with Gasteiger partial charge in [0.25, 0.3) is 0 Å². The lowest BCUT2D eigenvalue weighted by Gasteiger charge is -2.13. The van der Waals surface area contributed by atoms with Crippen LogP contribution in [0.25, 0.3) is 0 Å². The number of benzene rings is 1. The van der Waals surface area contributed by atoms with E-state index in [2.05, 4.69) is 10.6 Å². The maximum Gasteiger partial charge on any atom is 0.241 e. The van der Waals surface area contributed by atoms with Crippen molar-refractivity contribution >= 4 is 15.7 Å². The molecule has 6 heteroatoms. The number of halogens is 1. The van der Waals surface area contributed by atoms with Crippen molar-refractivity contribution in [2.45, 2.75) is 31.2 Å². The summed E-state index contributed by atoms with van der Waals surface area (Å²) in [6, 6.07) is 1.74. The Bertz CT molecular complexity index is 568. The fourth-order valence-corrected chi connectivity index (χ4v) is 2.67. The minimum atomic E-state index is -3.81. The van der Waals surface area contributed by atoms with E-state index in [1.54, 1.807) is 6.92 Å². The largest absolute Gasteiger partial charge is 0.398 e. The third-order valence-corrected chi connectivity index (χ3v) is 4.02. The Morgan fingerprint density at radius 1 is 1.56 bits per heavy atom. The lowest BCUT2D eigenvalue weighted by molar-refractivity contribution is 0.560. The average Bonchev–Trinajstić information content (AvgIpc) is 2.24. The summed E-state index contributed by atoms with van der Waals surface area (Å²) in [5.74, 6) is 1.69. The molecule has 18 heavy (non-hydrogen) atoms. The van der Waals surface area contributed by atoms with Gasteiger partial charge < -0.3 is 5.73 Å². The summed E-state index contributed by atoms with van der Waals surface area (Å²) in [4.78, 5) is -0.202. The number of nitrogen functional groups attached to an aromatic ring is 1. The zero-order chi connectivity index (χ0) is 13.9. The molecule has 0 bridgehead atoms. The Balaban J connectivity index is 3.10. The van der Waals surface area contributed by atoms with Crippen LogP contribution in [0, 0.1) is 25.1 Å². The topological polar surface area (TPSA) is 72.2 Å². The van der Waals surface area contributed by atoms with E-state index in [1.807, 2.05) is 0 Å². The van der Waals surface area contributed by atoms with Gasteiger partial charge >= 0.3 is 0 Å². The Labute approximate surface area is 106 Å². The van der Waals surface area contributed by atoms with Crippen LogP contribution in [0.3, 0.4) is 0 Å². The summed E-state index contributed by atoms with van der Waals surface area (Å²) in [7, 11) is -3.81.